The molecule has 6 nitrogen and oxygen atoms in total. The van der Waals surface area contributed by atoms with E-state index in [0.717, 1.165) is 10.9 Å². The van der Waals surface area contributed by atoms with E-state index in [1.807, 2.05) is 6.92 Å². The lowest BCUT2D eigenvalue weighted by molar-refractivity contribution is 0.0702. The maximum absolute atomic E-state index is 13.0. The van der Waals surface area contributed by atoms with Crippen molar-refractivity contribution in [2.24, 2.45) is 5.73 Å². The molecule has 0 fully saturated rings. The summed E-state index contributed by atoms with van der Waals surface area (Å²) in [7, 11) is 0. The van der Waals surface area contributed by atoms with Crippen LogP contribution in [-0.4, -0.2) is 5.97 Å². The lowest BCUT2D eigenvalue weighted by atomic mass is 9.83. The Hall–Kier alpha value is -3.63. The molecule has 36 heavy (non-hydrogen) atoms. The third kappa shape index (κ3) is 3.96. The maximum atomic E-state index is 13.0. The van der Waals surface area contributed by atoms with Gasteiger partial charge in [-0.25, -0.2) is 4.79 Å². The molecule has 4 aromatic rings. The largest absolute Gasteiger partial charge is 0.449 e. The van der Waals surface area contributed by atoms with Crippen molar-refractivity contribution in [2.45, 2.75) is 19.8 Å². The van der Waals surface area contributed by atoms with Gasteiger partial charge in [-0.3, -0.25) is 0 Å². The second kappa shape index (κ2) is 9.11. The number of ether oxygens (including phenoxy) is 2. The lowest BCUT2D eigenvalue weighted by Gasteiger charge is -2.27. The molecule has 0 saturated carbocycles. The zero-order valence-corrected chi connectivity index (χ0v) is 21.3. The summed E-state index contributed by atoms with van der Waals surface area (Å²) in [5.74, 6) is -0.853. The van der Waals surface area contributed by atoms with E-state index in [2.05, 4.69) is 6.07 Å². The molecule has 0 saturated heterocycles. The number of hydrogen-bond acceptors (Lipinski definition) is 6. The number of carbonyl (C=O) groups is 1. The van der Waals surface area contributed by atoms with Crippen molar-refractivity contribution >= 4 is 51.7 Å². The zero-order chi connectivity index (χ0) is 25.7. The van der Waals surface area contributed by atoms with Gasteiger partial charge in [0, 0.05) is 43.2 Å². The van der Waals surface area contributed by atoms with Gasteiger partial charge in [0.25, 0.3) is 0 Å². The molecule has 5 rings (SSSR count). The molecule has 0 amide bonds. The number of benzene rings is 3. The molecule has 0 bridgehead atoms. The summed E-state index contributed by atoms with van der Waals surface area (Å²) in [5.41, 5.74) is 9.37. The van der Waals surface area contributed by atoms with Crippen molar-refractivity contribution in [3.05, 3.63) is 103 Å². The first-order chi connectivity index (χ1) is 17.2. The first-order valence-electron chi connectivity index (χ1n) is 10.8. The fraction of sp³-hybridized carbons (Fsp3) is 0.111. The van der Waals surface area contributed by atoms with Crippen LogP contribution in [0.25, 0.3) is 11.0 Å². The third-order valence-electron chi connectivity index (χ3n) is 6.09. The number of allylic oxidation sites excluding steroid dienone is 1. The predicted octanol–water partition coefficient (Wildman–Crippen LogP) is 7.45. The lowest BCUT2D eigenvalue weighted by Crippen LogP contribution is -2.21. The van der Waals surface area contributed by atoms with E-state index < -0.39 is 11.9 Å². The summed E-state index contributed by atoms with van der Waals surface area (Å²) in [6.45, 7) is 3.61. The highest BCUT2D eigenvalue weighted by atomic mass is 35.5. The van der Waals surface area contributed by atoms with E-state index in [1.54, 1.807) is 49.4 Å². The van der Waals surface area contributed by atoms with Gasteiger partial charge in [-0.15, -0.1) is 0 Å². The van der Waals surface area contributed by atoms with Gasteiger partial charge < -0.3 is 19.6 Å². The van der Waals surface area contributed by atoms with Crippen molar-refractivity contribution in [3.63, 3.8) is 0 Å². The number of nitrogens with zero attached hydrogens (tertiary/aromatic N) is 1. The minimum absolute atomic E-state index is 0.0669. The molecule has 1 aliphatic heterocycles. The molecule has 0 radical (unpaired) electrons. The Morgan fingerprint density at radius 3 is 2.47 bits per heavy atom. The van der Waals surface area contributed by atoms with Crippen molar-refractivity contribution < 1.29 is 18.7 Å². The highest BCUT2D eigenvalue weighted by Crippen LogP contribution is 2.47. The third-order valence-corrected chi connectivity index (χ3v) is 7.16. The van der Waals surface area contributed by atoms with Gasteiger partial charge in [-0.2, -0.15) is 5.26 Å². The van der Waals surface area contributed by atoms with Gasteiger partial charge in [-0.05, 0) is 49.7 Å². The summed E-state index contributed by atoms with van der Waals surface area (Å²) < 4.78 is 17.1. The number of carbonyl (C=O) groups excluding carboxylic acids is 1. The molecule has 1 unspecified atom stereocenters. The average molecular weight is 540 g/mol. The number of aryl methyl sites for hydroxylation is 2. The highest BCUT2D eigenvalue weighted by Gasteiger charge is 2.34. The van der Waals surface area contributed by atoms with Crippen LogP contribution >= 0.6 is 34.8 Å². The fourth-order valence-electron chi connectivity index (χ4n) is 4.27. The van der Waals surface area contributed by atoms with Crippen LogP contribution in [0.5, 0.6) is 11.5 Å². The Morgan fingerprint density at radius 1 is 1.06 bits per heavy atom. The maximum Gasteiger partial charge on any atom is 0.379 e. The number of furan rings is 1. The van der Waals surface area contributed by atoms with Gasteiger partial charge in [0.2, 0.25) is 11.6 Å². The Balaban J connectivity index is 1.52. The van der Waals surface area contributed by atoms with Gasteiger partial charge >= 0.3 is 5.97 Å². The second-order valence-corrected chi connectivity index (χ2v) is 9.52. The topological polar surface area (TPSA) is 98.5 Å². The molecular weight excluding hydrogens is 523 g/mol. The van der Waals surface area contributed by atoms with Crippen molar-refractivity contribution in [3.8, 4) is 17.6 Å². The Kier molecular flexibility index (Phi) is 6.09. The summed E-state index contributed by atoms with van der Waals surface area (Å²) in [6.07, 6.45) is 0. The molecule has 9 heteroatoms. The van der Waals surface area contributed by atoms with Crippen LogP contribution < -0.4 is 15.2 Å². The van der Waals surface area contributed by atoms with E-state index in [0.29, 0.717) is 43.1 Å². The molecule has 0 aliphatic carbocycles. The van der Waals surface area contributed by atoms with Gasteiger partial charge in [-0.1, -0.05) is 46.9 Å². The molecule has 0 spiro atoms. The van der Waals surface area contributed by atoms with Gasteiger partial charge in [0.1, 0.15) is 28.7 Å². The molecule has 2 heterocycles. The van der Waals surface area contributed by atoms with Crippen LogP contribution in [0.1, 0.15) is 38.7 Å². The van der Waals surface area contributed by atoms with E-state index in [1.165, 1.54) is 6.07 Å². The molecule has 3 aromatic carbocycles. The molecule has 1 atom stereocenters. The predicted molar refractivity (Wildman–Crippen MR) is 138 cm³/mol. The van der Waals surface area contributed by atoms with Crippen molar-refractivity contribution in [1.29, 1.82) is 5.26 Å². The molecule has 1 aromatic heterocycles. The number of nitriles is 1. The minimum atomic E-state index is -0.680. The van der Waals surface area contributed by atoms with E-state index >= 15 is 0 Å². The van der Waals surface area contributed by atoms with Crippen LogP contribution in [0.3, 0.4) is 0 Å². The minimum Gasteiger partial charge on any atom is -0.449 e. The van der Waals surface area contributed by atoms with E-state index in [-0.39, 0.29) is 23.0 Å². The zero-order valence-electron chi connectivity index (χ0n) is 19.0. The van der Waals surface area contributed by atoms with Crippen LogP contribution in [0.4, 0.5) is 0 Å². The van der Waals surface area contributed by atoms with E-state index in [4.69, 9.17) is 54.4 Å². The highest BCUT2D eigenvalue weighted by molar-refractivity contribution is 6.36. The number of hydrogen-bond donors (Lipinski definition) is 1. The summed E-state index contributed by atoms with van der Waals surface area (Å²) in [6, 6.07) is 15.5. The number of rotatable bonds is 3. The smallest absolute Gasteiger partial charge is 0.379 e. The number of nitrogens with two attached hydrogens (primary N) is 1. The molecule has 180 valence electrons. The van der Waals surface area contributed by atoms with Crippen LogP contribution in [-0.2, 0) is 0 Å². The molecule has 2 N–H and O–H groups in total. The normalized spacial score (nSPS) is 14.8. The Morgan fingerprint density at radius 2 is 1.78 bits per heavy atom. The first-order valence-corrected chi connectivity index (χ1v) is 11.9. The monoisotopic (exact) mass is 538 g/mol. The van der Waals surface area contributed by atoms with Crippen LogP contribution in [0.2, 0.25) is 15.1 Å². The van der Waals surface area contributed by atoms with Crippen LogP contribution in [0.15, 0.2) is 64.4 Å². The average Bonchev–Trinajstić information content (AvgIpc) is 3.14. The Labute approximate surface area is 221 Å². The summed E-state index contributed by atoms with van der Waals surface area (Å²) >= 11 is 19.1. The first kappa shape index (κ1) is 24.1. The SMILES string of the molecule is Cc1cc2oc(C(=O)Oc3ccc4c(c3)OC(N)=C(C#N)C4c3c(Cl)cccc3Cl)c(C)c2cc1Cl. The number of halogens is 3. The standard InChI is InChI=1S/C27H17Cl3N2O4/c1-12-8-21-16(10-20(12)30)13(2)25(35-21)27(33)34-14-6-7-15-22(9-14)36-26(32)17(11-31)23(15)24-18(28)4-3-5-19(24)29/h3-10,23H,32H2,1-2H3. The quantitative estimate of drug-likeness (QED) is 0.214. The van der Waals surface area contributed by atoms with Crippen LogP contribution in [0, 0.1) is 25.2 Å². The van der Waals surface area contributed by atoms with Crippen molar-refractivity contribution in [1.82, 2.24) is 0 Å². The number of esters is 1. The summed E-state index contributed by atoms with van der Waals surface area (Å²) in [5, 5.41) is 11.8. The second-order valence-electron chi connectivity index (χ2n) is 8.30. The Bertz CT molecular complexity index is 1630. The van der Waals surface area contributed by atoms with E-state index in [9.17, 15) is 10.1 Å². The fourth-order valence-corrected chi connectivity index (χ4v) is 5.05. The van der Waals surface area contributed by atoms with Gasteiger partial charge in [0.05, 0.1) is 5.92 Å². The molecular formula is C27H17Cl3N2O4. The van der Waals surface area contributed by atoms with Crippen molar-refractivity contribution in [2.75, 3.05) is 0 Å². The summed E-state index contributed by atoms with van der Waals surface area (Å²) in [4.78, 5) is 13.0. The number of fused-ring (bicyclic) bond motifs is 2. The molecule has 1 aliphatic rings. The van der Waals surface area contributed by atoms with Gasteiger partial charge in [0.15, 0.2) is 0 Å².